The standard InChI is InChI=1S/C10H13BrOS/c1-2-5-13-10-4-3-8(7-12)6-9(10)11/h3-4,6,12H,2,5,7H2,1H3. The maximum absolute atomic E-state index is 8.90. The molecular weight excluding hydrogens is 248 g/mol. The van der Waals surface area contributed by atoms with Crippen molar-refractivity contribution < 1.29 is 5.11 Å². The molecule has 0 aliphatic rings. The summed E-state index contributed by atoms with van der Waals surface area (Å²) >= 11 is 5.32. The lowest BCUT2D eigenvalue weighted by Crippen LogP contribution is -1.84. The highest BCUT2D eigenvalue weighted by molar-refractivity contribution is 9.10. The summed E-state index contributed by atoms with van der Waals surface area (Å²) in [4.78, 5) is 1.25. The smallest absolute Gasteiger partial charge is 0.0682 e. The summed E-state index contributed by atoms with van der Waals surface area (Å²) in [6, 6.07) is 5.98. The minimum absolute atomic E-state index is 0.108. The van der Waals surface area contributed by atoms with Crippen LogP contribution in [-0.4, -0.2) is 10.9 Å². The lowest BCUT2D eigenvalue weighted by molar-refractivity contribution is 0.281. The molecule has 0 heterocycles. The fourth-order valence-corrected chi connectivity index (χ4v) is 2.53. The van der Waals surface area contributed by atoms with E-state index in [1.54, 1.807) is 0 Å². The molecule has 0 saturated heterocycles. The highest BCUT2D eigenvalue weighted by Crippen LogP contribution is 2.28. The summed E-state index contributed by atoms with van der Waals surface area (Å²) in [6.45, 7) is 2.28. The molecule has 72 valence electrons. The van der Waals surface area contributed by atoms with Crippen molar-refractivity contribution in [2.24, 2.45) is 0 Å². The Hall–Kier alpha value is 0.01000. The second-order valence-electron chi connectivity index (χ2n) is 2.77. The number of aliphatic hydroxyl groups excluding tert-OH is 1. The molecule has 0 bridgehead atoms. The quantitative estimate of drug-likeness (QED) is 0.838. The SMILES string of the molecule is CCCSc1ccc(CO)cc1Br. The van der Waals surface area contributed by atoms with Crippen LogP contribution in [0.15, 0.2) is 27.6 Å². The van der Waals surface area contributed by atoms with Crippen LogP contribution in [0.3, 0.4) is 0 Å². The molecule has 0 saturated carbocycles. The van der Waals surface area contributed by atoms with Gasteiger partial charge in [0.1, 0.15) is 0 Å². The Balaban J connectivity index is 2.73. The largest absolute Gasteiger partial charge is 0.392 e. The highest BCUT2D eigenvalue weighted by Gasteiger charge is 2.00. The van der Waals surface area contributed by atoms with Crippen LogP contribution in [0.4, 0.5) is 0 Å². The molecule has 0 aromatic heterocycles. The first-order valence-electron chi connectivity index (χ1n) is 4.30. The lowest BCUT2D eigenvalue weighted by atomic mass is 10.2. The van der Waals surface area contributed by atoms with Crippen LogP contribution in [0.5, 0.6) is 0 Å². The van der Waals surface area contributed by atoms with Gasteiger partial charge in [-0.2, -0.15) is 0 Å². The summed E-state index contributed by atoms with van der Waals surface area (Å²) in [7, 11) is 0. The number of aliphatic hydroxyl groups is 1. The molecule has 13 heavy (non-hydrogen) atoms. The van der Waals surface area contributed by atoms with Crippen LogP contribution in [0.2, 0.25) is 0 Å². The topological polar surface area (TPSA) is 20.2 Å². The molecular formula is C10H13BrOS. The molecule has 0 aliphatic carbocycles. The zero-order valence-corrected chi connectivity index (χ0v) is 9.99. The minimum Gasteiger partial charge on any atom is -0.392 e. The van der Waals surface area contributed by atoms with Crippen molar-refractivity contribution in [2.75, 3.05) is 5.75 Å². The highest BCUT2D eigenvalue weighted by atomic mass is 79.9. The van der Waals surface area contributed by atoms with Crippen molar-refractivity contribution in [3.05, 3.63) is 28.2 Å². The third kappa shape index (κ3) is 3.33. The maximum Gasteiger partial charge on any atom is 0.0682 e. The molecule has 0 unspecified atom stereocenters. The van der Waals surface area contributed by atoms with Gasteiger partial charge in [0.15, 0.2) is 0 Å². The number of hydrogen-bond donors (Lipinski definition) is 1. The number of thioether (sulfide) groups is 1. The summed E-state index contributed by atoms with van der Waals surface area (Å²) < 4.78 is 1.08. The van der Waals surface area contributed by atoms with E-state index in [2.05, 4.69) is 28.9 Å². The average molecular weight is 261 g/mol. The van der Waals surface area contributed by atoms with Gasteiger partial charge in [-0.3, -0.25) is 0 Å². The summed E-state index contributed by atoms with van der Waals surface area (Å²) in [5, 5.41) is 8.90. The van der Waals surface area contributed by atoms with Gasteiger partial charge in [0, 0.05) is 9.37 Å². The van der Waals surface area contributed by atoms with Crippen molar-refractivity contribution >= 4 is 27.7 Å². The normalized spacial score (nSPS) is 10.4. The molecule has 0 atom stereocenters. The number of halogens is 1. The van der Waals surface area contributed by atoms with E-state index in [0.29, 0.717) is 0 Å². The van der Waals surface area contributed by atoms with Gasteiger partial charge in [0.2, 0.25) is 0 Å². The van der Waals surface area contributed by atoms with E-state index < -0.39 is 0 Å². The fraction of sp³-hybridized carbons (Fsp3) is 0.400. The molecule has 0 amide bonds. The van der Waals surface area contributed by atoms with E-state index >= 15 is 0 Å². The Bertz CT molecular complexity index is 276. The zero-order valence-electron chi connectivity index (χ0n) is 7.59. The third-order valence-corrected chi connectivity index (χ3v) is 3.84. The van der Waals surface area contributed by atoms with E-state index in [9.17, 15) is 0 Å². The predicted octanol–water partition coefficient (Wildman–Crippen LogP) is 3.44. The van der Waals surface area contributed by atoms with Crippen LogP contribution >= 0.6 is 27.7 Å². The summed E-state index contributed by atoms with van der Waals surface area (Å²) in [5.74, 6) is 1.14. The summed E-state index contributed by atoms with van der Waals surface area (Å²) in [5.41, 5.74) is 0.952. The molecule has 0 spiro atoms. The van der Waals surface area contributed by atoms with E-state index in [1.807, 2.05) is 23.9 Å². The molecule has 1 aromatic rings. The Morgan fingerprint density at radius 3 is 2.77 bits per heavy atom. The van der Waals surface area contributed by atoms with Crippen molar-refractivity contribution in [2.45, 2.75) is 24.8 Å². The Morgan fingerprint density at radius 2 is 2.23 bits per heavy atom. The molecule has 1 nitrogen and oxygen atoms in total. The van der Waals surface area contributed by atoms with Gasteiger partial charge in [-0.25, -0.2) is 0 Å². The molecule has 1 aromatic carbocycles. The third-order valence-electron chi connectivity index (χ3n) is 1.64. The van der Waals surface area contributed by atoms with Crippen molar-refractivity contribution in [3.63, 3.8) is 0 Å². The van der Waals surface area contributed by atoms with Gasteiger partial charge < -0.3 is 5.11 Å². The molecule has 1 rings (SSSR count). The number of rotatable bonds is 4. The molecule has 0 radical (unpaired) electrons. The van der Waals surface area contributed by atoms with E-state index in [0.717, 1.165) is 15.8 Å². The van der Waals surface area contributed by atoms with E-state index in [4.69, 9.17) is 5.11 Å². The molecule has 0 aliphatic heterocycles. The molecule has 3 heteroatoms. The number of benzene rings is 1. The predicted molar refractivity (Wildman–Crippen MR) is 61.1 cm³/mol. The Morgan fingerprint density at radius 1 is 1.46 bits per heavy atom. The Labute approximate surface area is 91.7 Å². The fourth-order valence-electron chi connectivity index (χ4n) is 0.972. The van der Waals surface area contributed by atoms with Crippen molar-refractivity contribution in [1.29, 1.82) is 0 Å². The monoisotopic (exact) mass is 260 g/mol. The van der Waals surface area contributed by atoms with Gasteiger partial charge in [-0.05, 0) is 45.8 Å². The second-order valence-corrected chi connectivity index (χ2v) is 4.76. The minimum atomic E-state index is 0.108. The van der Waals surface area contributed by atoms with Gasteiger partial charge in [-0.1, -0.05) is 13.0 Å². The van der Waals surface area contributed by atoms with Crippen LogP contribution in [0.25, 0.3) is 0 Å². The van der Waals surface area contributed by atoms with E-state index in [1.165, 1.54) is 11.3 Å². The van der Waals surface area contributed by atoms with Crippen molar-refractivity contribution in [1.82, 2.24) is 0 Å². The van der Waals surface area contributed by atoms with Gasteiger partial charge in [0.25, 0.3) is 0 Å². The summed E-state index contributed by atoms with van der Waals surface area (Å²) in [6.07, 6.45) is 1.18. The molecule has 0 fully saturated rings. The first-order chi connectivity index (χ1) is 6.27. The number of hydrogen-bond acceptors (Lipinski definition) is 2. The Kier molecular flexibility index (Phi) is 4.84. The van der Waals surface area contributed by atoms with Crippen LogP contribution in [0, 0.1) is 0 Å². The van der Waals surface area contributed by atoms with Crippen LogP contribution in [0.1, 0.15) is 18.9 Å². The van der Waals surface area contributed by atoms with Crippen LogP contribution in [-0.2, 0) is 6.61 Å². The van der Waals surface area contributed by atoms with Gasteiger partial charge in [-0.15, -0.1) is 11.8 Å². The van der Waals surface area contributed by atoms with Gasteiger partial charge in [0.05, 0.1) is 6.61 Å². The van der Waals surface area contributed by atoms with E-state index in [-0.39, 0.29) is 6.61 Å². The first-order valence-corrected chi connectivity index (χ1v) is 6.08. The first kappa shape index (κ1) is 11.1. The molecule has 1 N–H and O–H groups in total. The maximum atomic E-state index is 8.90. The average Bonchev–Trinajstić information content (AvgIpc) is 2.16. The second kappa shape index (κ2) is 5.68. The zero-order chi connectivity index (χ0) is 9.68. The van der Waals surface area contributed by atoms with Crippen molar-refractivity contribution in [3.8, 4) is 0 Å². The van der Waals surface area contributed by atoms with Gasteiger partial charge >= 0.3 is 0 Å². The van der Waals surface area contributed by atoms with Crippen LogP contribution < -0.4 is 0 Å². The lowest BCUT2D eigenvalue weighted by Gasteiger charge is -2.04.